The maximum atomic E-state index is 11.6. The van der Waals surface area contributed by atoms with Crippen LogP contribution in [0, 0.1) is 0 Å². The fraction of sp³-hybridized carbons (Fsp3) is 0.211. The average molecular weight is 366 g/mol. The lowest BCUT2D eigenvalue weighted by Gasteiger charge is -2.30. The molecule has 0 amide bonds. The first-order chi connectivity index (χ1) is 12.5. The van der Waals surface area contributed by atoms with Gasteiger partial charge < -0.3 is 4.90 Å². The molecule has 26 heavy (non-hydrogen) atoms. The van der Waals surface area contributed by atoms with E-state index in [2.05, 4.69) is 19.9 Å². The molecule has 1 aliphatic heterocycles. The third-order valence-corrected chi connectivity index (χ3v) is 5.59. The lowest BCUT2D eigenvalue weighted by molar-refractivity contribution is 0.602. The van der Waals surface area contributed by atoms with E-state index in [0.717, 1.165) is 35.6 Å². The lowest BCUT2D eigenvalue weighted by Crippen LogP contribution is -2.31. The Hall–Kier alpha value is -2.80. The van der Waals surface area contributed by atoms with Crippen molar-refractivity contribution in [2.45, 2.75) is 17.9 Å². The molecule has 132 valence electrons. The summed E-state index contributed by atoms with van der Waals surface area (Å²) in [6.45, 7) is 1.53. The van der Waals surface area contributed by atoms with E-state index in [1.165, 1.54) is 6.26 Å². The molecule has 0 atom stereocenters. The molecule has 3 heterocycles. The molecule has 0 spiro atoms. The normalized spacial score (nSPS) is 14.1. The van der Waals surface area contributed by atoms with Gasteiger partial charge in [0, 0.05) is 49.4 Å². The molecular weight excluding hydrogens is 348 g/mol. The predicted molar refractivity (Wildman–Crippen MR) is 99.6 cm³/mol. The zero-order valence-corrected chi connectivity index (χ0v) is 15.1. The second kappa shape index (κ2) is 6.49. The van der Waals surface area contributed by atoms with Gasteiger partial charge >= 0.3 is 0 Å². The van der Waals surface area contributed by atoms with Crippen LogP contribution < -0.4 is 4.90 Å². The highest BCUT2D eigenvalue weighted by Crippen LogP contribution is 2.25. The Bertz CT molecular complexity index is 1030. The van der Waals surface area contributed by atoms with Crippen molar-refractivity contribution < 1.29 is 8.42 Å². The van der Waals surface area contributed by atoms with Crippen LogP contribution in [0.1, 0.15) is 11.3 Å². The first kappa shape index (κ1) is 16.7. The lowest BCUT2D eigenvalue weighted by atomic mass is 10.1. The Morgan fingerprint density at radius 2 is 1.85 bits per heavy atom. The molecule has 0 bridgehead atoms. The maximum Gasteiger partial charge on any atom is 0.178 e. The van der Waals surface area contributed by atoms with Gasteiger partial charge in [0.2, 0.25) is 0 Å². The monoisotopic (exact) mass is 366 g/mol. The van der Waals surface area contributed by atoms with Crippen LogP contribution in [-0.2, 0) is 22.8 Å². The van der Waals surface area contributed by atoms with Crippen LogP contribution in [0.15, 0.2) is 59.8 Å². The molecule has 0 fully saturated rings. The van der Waals surface area contributed by atoms with Crippen LogP contribution in [0.2, 0.25) is 0 Å². The van der Waals surface area contributed by atoms with Gasteiger partial charge in [0.05, 0.1) is 10.6 Å². The molecule has 1 aromatic carbocycles. The van der Waals surface area contributed by atoms with Gasteiger partial charge in [0.25, 0.3) is 0 Å². The first-order valence-corrected chi connectivity index (χ1v) is 10.2. The molecule has 0 N–H and O–H groups in total. The summed E-state index contributed by atoms with van der Waals surface area (Å²) in [7, 11) is -3.17. The summed E-state index contributed by atoms with van der Waals surface area (Å²) >= 11 is 0. The third-order valence-electron chi connectivity index (χ3n) is 4.46. The fourth-order valence-corrected chi connectivity index (χ4v) is 3.69. The van der Waals surface area contributed by atoms with Gasteiger partial charge in [-0.1, -0.05) is 6.07 Å². The highest BCUT2D eigenvalue weighted by molar-refractivity contribution is 7.90. The molecule has 0 saturated heterocycles. The molecule has 0 radical (unpaired) electrons. The van der Waals surface area contributed by atoms with Crippen molar-refractivity contribution in [1.82, 2.24) is 15.0 Å². The van der Waals surface area contributed by atoms with Crippen molar-refractivity contribution in [2.75, 3.05) is 17.7 Å². The third kappa shape index (κ3) is 3.30. The van der Waals surface area contributed by atoms with Crippen molar-refractivity contribution in [2.24, 2.45) is 0 Å². The number of hydrogen-bond donors (Lipinski definition) is 0. The Kier molecular flexibility index (Phi) is 4.16. The minimum atomic E-state index is -3.17. The van der Waals surface area contributed by atoms with Gasteiger partial charge in [-0.25, -0.2) is 18.4 Å². The minimum Gasteiger partial charge on any atom is -0.367 e. The number of sulfone groups is 1. The zero-order valence-electron chi connectivity index (χ0n) is 14.3. The molecule has 0 unspecified atom stereocenters. The van der Waals surface area contributed by atoms with E-state index in [0.29, 0.717) is 17.3 Å². The van der Waals surface area contributed by atoms with Crippen LogP contribution in [-0.4, -0.2) is 36.2 Å². The number of hydrogen-bond acceptors (Lipinski definition) is 6. The minimum absolute atomic E-state index is 0.335. The zero-order chi connectivity index (χ0) is 18.1. The Morgan fingerprint density at radius 3 is 2.54 bits per heavy atom. The topological polar surface area (TPSA) is 76.1 Å². The van der Waals surface area contributed by atoms with Crippen molar-refractivity contribution in [1.29, 1.82) is 0 Å². The van der Waals surface area contributed by atoms with Gasteiger partial charge in [0.1, 0.15) is 5.69 Å². The highest BCUT2D eigenvalue weighted by Gasteiger charge is 2.19. The molecule has 1 aliphatic rings. The summed E-state index contributed by atoms with van der Waals surface area (Å²) in [5.74, 6) is 0.648. The summed E-state index contributed by atoms with van der Waals surface area (Å²) in [6.07, 6.45) is 5.63. The number of rotatable bonds is 3. The summed E-state index contributed by atoms with van der Waals surface area (Å²) in [4.78, 5) is 16.0. The maximum absolute atomic E-state index is 11.6. The molecule has 0 aliphatic carbocycles. The average Bonchev–Trinajstić information content (AvgIpc) is 2.67. The van der Waals surface area contributed by atoms with Crippen LogP contribution in [0.4, 0.5) is 5.69 Å². The Balaban J connectivity index is 1.57. The van der Waals surface area contributed by atoms with Crippen LogP contribution in [0.25, 0.3) is 11.5 Å². The van der Waals surface area contributed by atoms with Crippen molar-refractivity contribution in [3.63, 3.8) is 0 Å². The van der Waals surface area contributed by atoms with Crippen LogP contribution in [0.3, 0.4) is 0 Å². The van der Waals surface area contributed by atoms with E-state index in [4.69, 9.17) is 0 Å². The molecule has 0 saturated carbocycles. The van der Waals surface area contributed by atoms with Gasteiger partial charge in [-0.3, -0.25) is 4.98 Å². The summed E-state index contributed by atoms with van der Waals surface area (Å²) in [5.41, 5.74) is 3.90. The number of aromatic nitrogens is 3. The Morgan fingerprint density at radius 1 is 1.04 bits per heavy atom. The molecule has 3 aromatic rings. The quantitative estimate of drug-likeness (QED) is 0.709. The van der Waals surface area contributed by atoms with Crippen molar-refractivity contribution >= 4 is 15.5 Å². The number of nitrogens with zero attached hydrogens (tertiary/aromatic N) is 4. The standard InChI is InChI=1S/C19H18N4O2S/c1-26(24,25)16-7-5-15(6-8-16)23-11-9-17-14(13-23)12-21-19(22-17)18-4-2-3-10-20-18/h2-8,10,12H,9,11,13H2,1H3. The SMILES string of the molecule is CS(=O)(=O)c1ccc(N2CCc3nc(-c4ccccn4)ncc3C2)cc1. The van der Waals surface area contributed by atoms with Gasteiger partial charge in [0.15, 0.2) is 15.7 Å². The number of benzene rings is 1. The van der Waals surface area contributed by atoms with E-state index < -0.39 is 9.84 Å². The fourth-order valence-electron chi connectivity index (χ4n) is 3.06. The molecule has 2 aromatic heterocycles. The number of pyridine rings is 1. The molecular formula is C19H18N4O2S. The van der Waals surface area contributed by atoms with Gasteiger partial charge in [-0.05, 0) is 36.4 Å². The number of anilines is 1. The highest BCUT2D eigenvalue weighted by atomic mass is 32.2. The van der Waals surface area contributed by atoms with E-state index >= 15 is 0 Å². The molecule has 7 heteroatoms. The second-order valence-electron chi connectivity index (χ2n) is 6.32. The largest absolute Gasteiger partial charge is 0.367 e. The molecule has 6 nitrogen and oxygen atoms in total. The summed E-state index contributed by atoms with van der Waals surface area (Å²) in [5, 5.41) is 0. The summed E-state index contributed by atoms with van der Waals surface area (Å²) < 4.78 is 23.2. The van der Waals surface area contributed by atoms with E-state index in [1.54, 1.807) is 18.3 Å². The van der Waals surface area contributed by atoms with Crippen LogP contribution >= 0.6 is 0 Å². The van der Waals surface area contributed by atoms with E-state index in [1.807, 2.05) is 36.5 Å². The van der Waals surface area contributed by atoms with Crippen molar-refractivity contribution in [3.8, 4) is 11.5 Å². The molecule has 4 rings (SSSR count). The van der Waals surface area contributed by atoms with Gasteiger partial charge in [-0.15, -0.1) is 0 Å². The number of fused-ring (bicyclic) bond motifs is 1. The summed E-state index contributed by atoms with van der Waals surface area (Å²) in [6, 6.07) is 12.7. The predicted octanol–water partition coefficient (Wildman–Crippen LogP) is 2.50. The van der Waals surface area contributed by atoms with Crippen molar-refractivity contribution in [3.05, 3.63) is 66.1 Å². The van der Waals surface area contributed by atoms with E-state index in [9.17, 15) is 8.42 Å². The first-order valence-electron chi connectivity index (χ1n) is 8.32. The van der Waals surface area contributed by atoms with E-state index in [-0.39, 0.29) is 0 Å². The second-order valence-corrected chi connectivity index (χ2v) is 8.33. The van der Waals surface area contributed by atoms with Crippen LogP contribution in [0.5, 0.6) is 0 Å². The van der Waals surface area contributed by atoms with Gasteiger partial charge in [-0.2, -0.15) is 0 Å². The smallest absolute Gasteiger partial charge is 0.178 e. The Labute approximate surface area is 152 Å².